The summed E-state index contributed by atoms with van der Waals surface area (Å²) < 4.78 is 1.79. The maximum atomic E-state index is 11.3. The number of aromatic hydroxyl groups is 1. The van der Waals surface area contributed by atoms with Gasteiger partial charge in [0.15, 0.2) is 5.69 Å². The second-order valence-electron chi connectivity index (χ2n) is 5.34. The lowest BCUT2D eigenvalue weighted by atomic mass is 9.96. The van der Waals surface area contributed by atoms with Crippen molar-refractivity contribution in [2.24, 2.45) is 0 Å². The van der Waals surface area contributed by atoms with Gasteiger partial charge in [0, 0.05) is 18.2 Å². The van der Waals surface area contributed by atoms with Crippen molar-refractivity contribution in [1.82, 2.24) is 14.3 Å². The Morgan fingerprint density at radius 3 is 2.75 bits per heavy atom. The monoisotopic (exact) mass is 275 g/mol. The fraction of sp³-hybridized carbons (Fsp3) is 0.429. The Morgan fingerprint density at radius 2 is 2.10 bits per heavy atom. The van der Waals surface area contributed by atoms with Crippen LogP contribution in [0.25, 0.3) is 5.52 Å². The van der Waals surface area contributed by atoms with Gasteiger partial charge in [-0.1, -0.05) is 0 Å². The number of likely N-dealkylation sites (tertiary alicyclic amines) is 1. The first-order valence-corrected chi connectivity index (χ1v) is 6.69. The van der Waals surface area contributed by atoms with Crippen molar-refractivity contribution in [3.8, 4) is 5.75 Å². The van der Waals surface area contributed by atoms with Crippen LogP contribution in [0.15, 0.2) is 18.3 Å². The topological polar surface area (TPSA) is 78.1 Å². The molecule has 2 N–H and O–H groups in total. The van der Waals surface area contributed by atoms with Gasteiger partial charge < -0.3 is 19.5 Å². The van der Waals surface area contributed by atoms with Gasteiger partial charge in [0.25, 0.3) is 0 Å². The lowest BCUT2D eigenvalue weighted by molar-refractivity contribution is 0.0693. The number of fused-ring (bicyclic) bond motifs is 1. The Bertz CT molecular complexity index is 657. The molecule has 106 valence electrons. The number of piperidine rings is 1. The molecule has 2 aromatic rings. The lowest BCUT2D eigenvalue weighted by Gasteiger charge is -2.28. The summed E-state index contributed by atoms with van der Waals surface area (Å²) in [5, 5.41) is 18.8. The Balaban J connectivity index is 2.09. The largest absolute Gasteiger partial charge is 0.508 e. The van der Waals surface area contributed by atoms with Gasteiger partial charge >= 0.3 is 5.97 Å². The third-order valence-electron chi connectivity index (χ3n) is 3.94. The van der Waals surface area contributed by atoms with Crippen molar-refractivity contribution in [2.75, 3.05) is 20.1 Å². The van der Waals surface area contributed by atoms with E-state index in [4.69, 9.17) is 0 Å². The van der Waals surface area contributed by atoms with E-state index < -0.39 is 5.97 Å². The minimum Gasteiger partial charge on any atom is -0.508 e. The summed E-state index contributed by atoms with van der Waals surface area (Å²) in [4.78, 5) is 17.9. The van der Waals surface area contributed by atoms with Crippen LogP contribution in [0.3, 0.4) is 0 Å². The fourth-order valence-electron chi connectivity index (χ4n) is 2.81. The summed E-state index contributed by atoms with van der Waals surface area (Å²) in [5.74, 6) is 0.0314. The maximum absolute atomic E-state index is 11.3. The van der Waals surface area contributed by atoms with E-state index in [0.29, 0.717) is 5.52 Å². The molecular weight excluding hydrogens is 258 g/mol. The Morgan fingerprint density at radius 1 is 1.40 bits per heavy atom. The zero-order chi connectivity index (χ0) is 14.3. The minimum absolute atomic E-state index is 0.00910. The highest BCUT2D eigenvalue weighted by molar-refractivity contribution is 5.94. The Kier molecular flexibility index (Phi) is 3.10. The normalized spacial score (nSPS) is 17.6. The van der Waals surface area contributed by atoms with E-state index in [2.05, 4.69) is 16.9 Å². The van der Waals surface area contributed by atoms with Crippen molar-refractivity contribution in [3.63, 3.8) is 0 Å². The van der Waals surface area contributed by atoms with Crippen molar-refractivity contribution in [3.05, 3.63) is 29.8 Å². The summed E-state index contributed by atoms with van der Waals surface area (Å²) in [6, 6.07) is 3.01. The van der Waals surface area contributed by atoms with E-state index >= 15 is 0 Å². The molecule has 0 aromatic carbocycles. The van der Waals surface area contributed by atoms with Crippen LogP contribution in [-0.4, -0.2) is 50.6 Å². The summed E-state index contributed by atoms with van der Waals surface area (Å²) in [6.45, 7) is 1.97. The van der Waals surface area contributed by atoms with Crippen molar-refractivity contribution >= 4 is 11.5 Å². The van der Waals surface area contributed by atoms with E-state index in [9.17, 15) is 15.0 Å². The molecule has 0 amide bonds. The molecule has 0 aliphatic carbocycles. The number of rotatable bonds is 2. The second kappa shape index (κ2) is 4.79. The molecule has 6 nitrogen and oxygen atoms in total. The molecule has 0 unspecified atom stereocenters. The highest BCUT2D eigenvalue weighted by Crippen LogP contribution is 2.29. The zero-order valence-corrected chi connectivity index (χ0v) is 11.3. The standard InChI is InChI=1S/C14H17N3O3/c1-16-5-2-9(3-6-16)13-15-12(14(19)20)11-8-10(18)4-7-17(11)13/h4,7-9,18H,2-3,5-6H2,1H3,(H,19,20). The van der Waals surface area contributed by atoms with Crippen LogP contribution in [0.2, 0.25) is 0 Å². The quantitative estimate of drug-likeness (QED) is 0.869. The van der Waals surface area contributed by atoms with Gasteiger partial charge in [0.05, 0.1) is 5.52 Å². The van der Waals surface area contributed by atoms with Crippen LogP contribution >= 0.6 is 0 Å². The van der Waals surface area contributed by atoms with E-state index in [1.54, 1.807) is 16.7 Å². The molecule has 3 rings (SSSR count). The molecule has 1 aliphatic heterocycles. The molecule has 3 heterocycles. The summed E-state index contributed by atoms with van der Waals surface area (Å²) in [6.07, 6.45) is 3.63. The van der Waals surface area contributed by atoms with E-state index in [-0.39, 0.29) is 17.4 Å². The number of carboxylic acid groups (broad SMARTS) is 1. The molecule has 0 radical (unpaired) electrons. The summed E-state index contributed by atoms with van der Waals surface area (Å²) in [7, 11) is 2.08. The predicted molar refractivity (Wildman–Crippen MR) is 73.3 cm³/mol. The first-order valence-electron chi connectivity index (χ1n) is 6.69. The number of aromatic carboxylic acids is 1. The number of carbonyl (C=O) groups is 1. The summed E-state index contributed by atoms with van der Waals surface area (Å²) >= 11 is 0. The number of carboxylic acids is 1. The maximum Gasteiger partial charge on any atom is 0.356 e. The molecule has 1 fully saturated rings. The van der Waals surface area contributed by atoms with Crippen LogP contribution in [-0.2, 0) is 0 Å². The van der Waals surface area contributed by atoms with Crippen LogP contribution in [0, 0.1) is 0 Å². The number of nitrogens with zero attached hydrogens (tertiary/aromatic N) is 3. The second-order valence-corrected chi connectivity index (χ2v) is 5.34. The van der Waals surface area contributed by atoms with E-state index in [1.165, 1.54) is 6.07 Å². The molecule has 20 heavy (non-hydrogen) atoms. The highest BCUT2D eigenvalue weighted by atomic mass is 16.4. The first kappa shape index (κ1) is 12.9. The molecular formula is C14H17N3O3. The lowest BCUT2D eigenvalue weighted by Crippen LogP contribution is -2.29. The van der Waals surface area contributed by atoms with E-state index in [1.807, 2.05) is 0 Å². The first-order chi connectivity index (χ1) is 9.56. The molecule has 1 saturated heterocycles. The van der Waals surface area contributed by atoms with Gasteiger partial charge in [-0.25, -0.2) is 9.78 Å². The third kappa shape index (κ3) is 2.12. The van der Waals surface area contributed by atoms with Gasteiger partial charge in [0.1, 0.15) is 11.6 Å². The van der Waals surface area contributed by atoms with Gasteiger partial charge in [-0.05, 0) is 39.0 Å². The number of imidazole rings is 1. The zero-order valence-electron chi connectivity index (χ0n) is 11.3. The van der Waals surface area contributed by atoms with Gasteiger partial charge in [-0.15, -0.1) is 0 Å². The van der Waals surface area contributed by atoms with Crippen molar-refractivity contribution in [2.45, 2.75) is 18.8 Å². The molecule has 1 aliphatic rings. The van der Waals surface area contributed by atoms with Gasteiger partial charge in [-0.2, -0.15) is 0 Å². The predicted octanol–water partition coefficient (Wildman–Crippen LogP) is 1.55. The molecule has 0 bridgehead atoms. The van der Waals surface area contributed by atoms with Crippen LogP contribution < -0.4 is 0 Å². The third-order valence-corrected chi connectivity index (χ3v) is 3.94. The SMILES string of the molecule is CN1CCC(c2nc(C(=O)O)c3cc(O)ccn23)CC1. The average Bonchev–Trinajstić information content (AvgIpc) is 2.78. The number of hydrogen-bond donors (Lipinski definition) is 2. The van der Waals surface area contributed by atoms with Crippen LogP contribution in [0.1, 0.15) is 35.1 Å². The minimum atomic E-state index is -1.06. The van der Waals surface area contributed by atoms with Gasteiger partial charge in [0.2, 0.25) is 0 Å². The molecule has 0 saturated carbocycles. The fourth-order valence-corrected chi connectivity index (χ4v) is 2.81. The van der Waals surface area contributed by atoms with Gasteiger partial charge in [-0.3, -0.25) is 0 Å². The molecule has 0 spiro atoms. The molecule has 6 heteroatoms. The number of aromatic nitrogens is 2. The van der Waals surface area contributed by atoms with Crippen LogP contribution in [0.4, 0.5) is 0 Å². The van der Waals surface area contributed by atoms with Crippen molar-refractivity contribution < 1.29 is 15.0 Å². The average molecular weight is 275 g/mol. The summed E-state index contributed by atoms with van der Waals surface area (Å²) in [5.41, 5.74) is 0.459. The Labute approximate surface area is 116 Å². The molecule has 2 aromatic heterocycles. The number of hydrogen-bond acceptors (Lipinski definition) is 4. The Hall–Kier alpha value is -2.08. The highest BCUT2D eigenvalue weighted by Gasteiger charge is 2.25. The van der Waals surface area contributed by atoms with Crippen molar-refractivity contribution in [1.29, 1.82) is 0 Å². The number of pyridine rings is 1. The van der Waals surface area contributed by atoms with E-state index in [0.717, 1.165) is 31.8 Å². The van der Waals surface area contributed by atoms with Crippen LogP contribution in [0.5, 0.6) is 5.75 Å². The smallest absolute Gasteiger partial charge is 0.356 e. The molecule has 0 atom stereocenters.